The number of benzene rings is 1. The summed E-state index contributed by atoms with van der Waals surface area (Å²) in [7, 11) is 0. The predicted molar refractivity (Wildman–Crippen MR) is 85.9 cm³/mol. The maximum absolute atomic E-state index is 12.8. The summed E-state index contributed by atoms with van der Waals surface area (Å²) in [5, 5.41) is 0.612. The van der Waals surface area contributed by atoms with E-state index < -0.39 is 23.1 Å². The number of hydrogen-bond acceptors (Lipinski definition) is 4. The van der Waals surface area contributed by atoms with E-state index in [9.17, 15) is 9.59 Å². The van der Waals surface area contributed by atoms with Crippen LogP contribution in [0.25, 0.3) is 0 Å². The standard InChI is InChI=1S/C18H19ClO4/c1-11-8-9-18(15(20)22-17(2,3)23-16(18)21)14(10-11)12-4-6-13(19)7-5-12/h4-8,14H,9-10H2,1-3H3. The lowest BCUT2D eigenvalue weighted by Gasteiger charge is -2.45. The van der Waals surface area contributed by atoms with Crippen LogP contribution in [-0.4, -0.2) is 17.7 Å². The summed E-state index contributed by atoms with van der Waals surface area (Å²) >= 11 is 5.96. The van der Waals surface area contributed by atoms with Crippen LogP contribution in [0.2, 0.25) is 5.02 Å². The van der Waals surface area contributed by atoms with Crippen molar-refractivity contribution in [3.8, 4) is 0 Å². The first-order chi connectivity index (χ1) is 10.7. The highest BCUT2D eigenvalue weighted by molar-refractivity contribution is 6.30. The summed E-state index contributed by atoms with van der Waals surface area (Å²) in [5.41, 5.74) is 0.708. The smallest absolute Gasteiger partial charge is 0.327 e. The lowest BCUT2D eigenvalue weighted by atomic mass is 9.64. The molecule has 1 aromatic rings. The number of hydrogen-bond donors (Lipinski definition) is 0. The minimum atomic E-state index is -1.32. The highest BCUT2D eigenvalue weighted by Gasteiger charge is 2.61. The van der Waals surface area contributed by atoms with E-state index in [0.717, 1.165) is 11.1 Å². The van der Waals surface area contributed by atoms with Crippen LogP contribution >= 0.6 is 11.6 Å². The van der Waals surface area contributed by atoms with Crippen LogP contribution in [0.3, 0.4) is 0 Å². The van der Waals surface area contributed by atoms with Gasteiger partial charge in [-0.05, 0) is 37.5 Å². The van der Waals surface area contributed by atoms with Gasteiger partial charge in [0.05, 0.1) is 0 Å². The molecule has 1 heterocycles. The van der Waals surface area contributed by atoms with Crippen molar-refractivity contribution >= 4 is 23.5 Å². The molecule has 0 radical (unpaired) electrons. The third kappa shape index (κ3) is 2.65. The van der Waals surface area contributed by atoms with Gasteiger partial charge >= 0.3 is 11.9 Å². The zero-order chi connectivity index (χ0) is 16.8. The number of carbonyl (C=O) groups is 2. The first-order valence-electron chi connectivity index (χ1n) is 7.62. The van der Waals surface area contributed by atoms with Crippen molar-refractivity contribution in [1.29, 1.82) is 0 Å². The third-order valence-corrected chi connectivity index (χ3v) is 4.82. The zero-order valence-electron chi connectivity index (χ0n) is 13.4. The molecule has 1 fully saturated rings. The van der Waals surface area contributed by atoms with Crippen molar-refractivity contribution in [2.24, 2.45) is 5.41 Å². The SMILES string of the molecule is CC1=CCC2(C(=O)OC(C)(C)OC2=O)C(c2ccc(Cl)cc2)C1. The Hall–Kier alpha value is -1.81. The fourth-order valence-corrected chi connectivity index (χ4v) is 3.46. The lowest BCUT2D eigenvalue weighted by molar-refractivity contribution is -0.253. The van der Waals surface area contributed by atoms with Crippen LogP contribution in [-0.2, 0) is 19.1 Å². The van der Waals surface area contributed by atoms with Crippen molar-refractivity contribution < 1.29 is 19.1 Å². The Bertz CT molecular complexity index is 667. The summed E-state index contributed by atoms with van der Waals surface area (Å²) < 4.78 is 10.8. The third-order valence-electron chi connectivity index (χ3n) is 4.57. The summed E-state index contributed by atoms with van der Waals surface area (Å²) in [6.45, 7) is 5.13. The van der Waals surface area contributed by atoms with E-state index in [-0.39, 0.29) is 5.92 Å². The van der Waals surface area contributed by atoms with E-state index in [0.29, 0.717) is 17.9 Å². The van der Waals surface area contributed by atoms with Gasteiger partial charge in [-0.2, -0.15) is 0 Å². The van der Waals surface area contributed by atoms with Gasteiger partial charge in [0, 0.05) is 24.8 Å². The van der Waals surface area contributed by atoms with Gasteiger partial charge in [0.2, 0.25) is 0 Å². The minimum Gasteiger partial charge on any atom is -0.422 e. The van der Waals surface area contributed by atoms with E-state index in [2.05, 4.69) is 0 Å². The first-order valence-corrected chi connectivity index (χ1v) is 8.00. The molecular formula is C18H19ClO4. The van der Waals surface area contributed by atoms with Crippen LogP contribution in [0.5, 0.6) is 0 Å². The summed E-state index contributed by atoms with van der Waals surface area (Å²) in [6, 6.07) is 7.24. The van der Waals surface area contributed by atoms with Gasteiger partial charge < -0.3 is 9.47 Å². The molecule has 4 nitrogen and oxygen atoms in total. The topological polar surface area (TPSA) is 52.6 Å². The molecule has 3 rings (SSSR count). The molecule has 0 N–H and O–H groups in total. The first kappa shape index (κ1) is 16.1. The molecule has 0 amide bonds. The zero-order valence-corrected chi connectivity index (χ0v) is 14.1. The van der Waals surface area contributed by atoms with Crippen LogP contribution in [0.15, 0.2) is 35.9 Å². The molecule has 1 unspecified atom stereocenters. The molecule has 5 heteroatoms. The Morgan fingerprint density at radius 2 is 1.65 bits per heavy atom. The highest BCUT2D eigenvalue weighted by atomic mass is 35.5. The van der Waals surface area contributed by atoms with Crippen LogP contribution in [0.1, 0.15) is 45.1 Å². The second-order valence-electron chi connectivity index (χ2n) is 6.71. The minimum absolute atomic E-state index is 0.292. The van der Waals surface area contributed by atoms with E-state index >= 15 is 0 Å². The number of cyclic esters (lactones) is 2. The molecule has 0 aromatic heterocycles. The molecule has 1 saturated heterocycles. The molecule has 2 aliphatic rings. The molecule has 1 aliphatic heterocycles. The number of rotatable bonds is 1. The number of allylic oxidation sites excluding steroid dienone is 2. The Morgan fingerprint density at radius 1 is 1.09 bits per heavy atom. The highest BCUT2D eigenvalue weighted by Crippen LogP contribution is 2.51. The van der Waals surface area contributed by atoms with Gasteiger partial charge in [0.25, 0.3) is 5.79 Å². The number of halogens is 1. The van der Waals surface area contributed by atoms with Crippen molar-refractivity contribution in [2.45, 2.75) is 45.3 Å². The van der Waals surface area contributed by atoms with Gasteiger partial charge in [-0.3, -0.25) is 9.59 Å². The lowest BCUT2D eigenvalue weighted by Crippen LogP contribution is -2.57. The van der Waals surface area contributed by atoms with Crippen molar-refractivity contribution in [3.63, 3.8) is 0 Å². The van der Waals surface area contributed by atoms with E-state index in [1.165, 1.54) is 0 Å². The molecule has 1 aromatic carbocycles. The summed E-state index contributed by atoms with van der Waals surface area (Å²) in [4.78, 5) is 25.6. The molecule has 23 heavy (non-hydrogen) atoms. The van der Waals surface area contributed by atoms with Gasteiger partial charge in [-0.15, -0.1) is 0 Å². The number of ether oxygens (including phenoxy) is 2. The van der Waals surface area contributed by atoms with Gasteiger partial charge in [-0.1, -0.05) is 35.4 Å². The van der Waals surface area contributed by atoms with Crippen LogP contribution < -0.4 is 0 Å². The van der Waals surface area contributed by atoms with E-state index in [4.69, 9.17) is 21.1 Å². The second kappa shape index (κ2) is 5.38. The molecule has 1 atom stereocenters. The molecule has 0 saturated carbocycles. The van der Waals surface area contributed by atoms with Crippen molar-refractivity contribution in [1.82, 2.24) is 0 Å². The number of carbonyl (C=O) groups excluding carboxylic acids is 2. The Kier molecular flexibility index (Phi) is 3.75. The average Bonchev–Trinajstić information content (AvgIpc) is 2.45. The normalized spacial score (nSPS) is 25.6. The van der Waals surface area contributed by atoms with Crippen molar-refractivity contribution in [2.75, 3.05) is 0 Å². The quantitative estimate of drug-likeness (QED) is 0.443. The fourth-order valence-electron chi connectivity index (χ4n) is 3.34. The summed E-state index contributed by atoms with van der Waals surface area (Å²) in [6.07, 6.45) is 2.82. The monoisotopic (exact) mass is 334 g/mol. The maximum atomic E-state index is 12.8. The molecular weight excluding hydrogens is 316 g/mol. The van der Waals surface area contributed by atoms with Gasteiger partial charge in [0.15, 0.2) is 5.41 Å². The molecule has 0 bridgehead atoms. The second-order valence-corrected chi connectivity index (χ2v) is 7.15. The van der Waals surface area contributed by atoms with Gasteiger partial charge in [-0.25, -0.2) is 0 Å². The molecule has 1 aliphatic carbocycles. The van der Waals surface area contributed by atoms with E-state index in [1.807, 2.05) is 25.1 Å². The van der Waals surface area contributed by atoms with Crippen LogP contribution in [0.4, 0.5) is 0 Å². The Labute approximate surface area is 140 Å². The number of esters is 2. The Balaban J connectivity index is 2.09. The fraction of sp³-hybridized carbons (Fsp3) is 0.444. The maximum Gasteiger partial charge on any atom is 0.327 e. The Morgan fingerprint density at radius 3 is 2.22 bits per heavy atom. The average molecular weight is 335 g/mol. The van der Waals surface area contributed by atoms with E-state index in [1.54, 1.807) is 26.0 Å². The van der Waals surface area contributed by atoms with Crippen LogP contribution in [0, 0.1) is 5.41 Å². The van der Waals surface area contributed by atoms with Crippen molar-refractivity contribution in [3.05, 3.63) is 46.5 Å². The predicted octanol–water partition coefficient (Wildman–Crippen LogP) is 3.99. The molecule has 122 valence electrons. The summed E-state index contributed by atoms with van der Waals surface area (Å²) in [5.74, 6) is -2.56. The van der Waals surface area contributed by atoms with Gasteiger partial charge in [0.1, 0.15) is 0 Å². The molecule has 1 spiro atoms. The largest absolute Gasteiger partial charge is 0.422 e.